The molecule has 12 heavy (non-hydrogen) atoms. The molecule has 0 heterocycles. The van der Waals surface area contributed by atoms with Gasteiger partial charge in [-0.2, -0.15) is 0 Å². The number of hydrogen-bond donors (Lipinski definition) is 1. The first-order valence-corrected chi connectivity index (χ1v) is 3.71. The van der Waals surface area contributed by atoms with Gasteiger partial charge < -0.3 is 5.11 Å². The summed E-state index contributed by atoms with van der Waals surface area (Å²) in [5.41, 5.74) is 1.07. The van der Waals surface area contributed by atoms with E-state index in [1.54, 1.807) is 18.2 Å². The van der Waals surface area contributed by atoms with E-state index in [1.165, 1.54) is 6.08 Å². The van der Waals surface area contributed by atoms with Crippen molar-refractivity contribution in [1.82, 2.24) is 0 Å². The number of benzene rings is 1. The van der Waals surface area contributed by atoms with Crippen LogP contribution in [0, 0.1) is 0 Å². The summed E-state index contributed by atoms with van der Waals surface area (Å²) in [7, 11) is 0. The van der Waals surface area contributed by atoms with Gasteiger partial charge in [0.25, 0.3) is 0 Å². The number of phenols is 1. The van der Waals surface area contributed by atoms with Crippen molar-refractivity contribution in [3.63, 3.8) is 0 Å². The highest BCUT2D eigenvalue weighted by Gasteiger charge is 1.88. The van der Waals surface area contributed by atoms with Crippen LogP contribution in [0.15, 0.2) is 36.4 Å². The third-order valence-electron chi connectivity index (χ3n) is 1.50. The summed E-state index contributed by atoms with van der Waals surface area (Å²) in [6.07, 6.45) is 4.71. The zero-order valence-corrected chi connectivity index (χ0v) is 6.60. The lowest BCUT2D eigenvalue weighted by Gasteiger charge is -1.95. The highest BCUT2D eigenvalue weighted by atomic mass is 16.3. The van der Waals surface area contributed by atoms with Crippen molar-refractivity contribution in [3.05, 3.63) is 42.0 Å². The zero-order chi connectivity index (χ0) is 8.81. The van der Waals surface area contributed by atoms with Crippen LogP contribution in [0.5, 0.6) is 5.75 Å². The predicted molar refractivity (Wildman–Crippen MR) is 47.0 cm³/mol. The fraction of sp³-hybridized carbons (Fsp3) is 0.100. The van der Waals surface area contributed by atoms with Gasteiger partial charge in [0.1, 0.15) is 12.0 Å². The number of phenolic OH excluding ortho intramolecular Hbond substituents is 1. The molecule has 0 spiro atoms. The maximum atomic E-state index is 9.92. The van der Waals surface area contributed by atoms with Crippen LogP contribution in [0.2, 0.25) is 0 Å². The van der Waals surface area contributed by atoms with Crippen LogP contribution in [0.25, 0.3) is 0 Å². The van der Waals surface area contributed by atoms with Crippen LogP contribution in [0.1, 0.15) is 5.56 Å². The van der Waals surface area contributed by atoms with Crippen LogP contribution in [-0.4, -0.2) is 11.4 Å². The molecule has 0 amide bonds. The van der Waals surface area contributed by atoms with Gasteiger partial charge in [0.05, 0.1) is 0 Å². The van der Waals surface area contributed by atoms with Crippen molar-refractivity contribution in [2.45, 2.75) is 6.42 Å². The van der Waals surface area contributed by atoms with Crippen LogP contribution < -0.4 is 0 Å². The number of aldehydes is 1. The van der Waals surface area contributed by atoms with Crippen LogP contribution in [-0.2, 0) is 11.2 Å². The van der Waals surface area contributed by atoms with E-state index in [2.05, 4.69) is 0 Å². The van der Waals surface area contributed by atoms with Gasteiger partial charge in [-0.3, -0.25) is 4.79 Å². The van der Waals surface area contributed by atoms with Crippen molar-refractivity contribution in [2.24, 2.45) is 0 Å². The van der Waals surface area contributed by atoms with Crippen molar-refractivity contribution in [2.75, 3.05) is 0 Å². The Labute approximate surface area is 71.2 Å². The molecule has 0 fully saturated rings. The summed E-state index contributed by atoms with van der Waals surface area (Å²) in [5.74, 6) is 0.262. The maximum absolute atomic E-state index is 9.92. The van der Waals surface area contributed by atoms with Gasteiger partial charge in [-0.25, -0.2) is 0 Å². The van der Waals surface area contributed by atoms with Crippen LogP contribution in [0.4, 0.5) is 0 Å². The first-order chi connectivity index (χ1) is 5.83. The van der Waals surface area contributed by atoms with E-state index in [1.807, 2.05) is 12.1 Å². The molecule has 0 atom stereocenters. The smallest absolute Gasteiger partial charge is 0.142 e. The maximum Gasteiger partial charge on any atom is 0.142 e. The topological polar surface area (TPSA) is 37.3 Å². The van der Waals surface area contributed by atoms with Crippen molar-refractivity contribution >= 4 is 6.29 Å². The minimum absolute atomic E-state index is 0.262. The fourth-order valence-corrected chi connectivity index (χ4v) is 0.892. The molecule has 62 valence electrons. The Kier molecular flexibility index (Phi) is 3.08. The summed E-state index contributed by atoms with van der Waals surface area (Å²) >= 11 is 0. The third-order valence-corrected chi connectivity index (χ3v) is 1.50. The third kappa shape index (κ3) is 2.58. The Bertz CT molecular complexity index is 272. The van der Waals surface area contributed by atoms with E-state index < -0.39 is 0 Å². The van der Waals surface area contributed by atoms with Gasteiger partial charge >= 0.3 is 0 Å². The van der Waals surface area contributed by atoms with Gasteiger partial charge in [0.2, 0.25) is 0 Å². The molecule has 2 nitrogen and oxygen atoms in total. The normalized spacial score (nSPS) is 10.3. The number of allylic oxidation sites excluding steroid dienone is 2. The molecule has 1 rings (SSSR count). The summed E-state index contributed by atoms with van der Waals surface area (Å²) < 4.78 is 0. The molecule has 0 bridgehead atoms. The standard InChI is InChI=1S/C10H10O2/c11-8-2-1-3-9-4-6-10(12)7-5-9/h1-2,4-8,12H,3H2/b2-1+. The van der Waals surface area contributed by atoms with Crippen molar-refractivity contribution in [1.29, 1.82) is 0 Å². The number of aromatic hydroxyl groups is 1. The quantitative estimate of drug-likeness (QED) is 0.542. The monoisotopic (exact) mass is 162 g/mol. The molecule has 0 aliphatic rings. The molecular formula is C10H10O2. The zero-order valence-electron chi connectivity index (χ0n) is 6.60. The van der Waals surface area contributed by atoms with E-state index in [9.17, 15) is 4.79 Å². The number of carbonyl (C=O) groups excluding carboxylic acids is 1. The predicted octanol–water partition coefficient (Wildman–Crippen LogP) is 1.69. The highest BCUT2D eigenvalue weighted by Crippen LogP contribution is 2.09. The summed E-state index contributed by atoms with van der Waals surface area (Å²) in [6, 6.07) is 6.91. The van der Waals surface area contributed by atoms with Gasteiger partial charge in [0.15, 0.2) is 0 Å². The van der Waals surface area contributed by atoms with Crippen LogP contribution >= 0.6 is 0 Å². The number of hydrogen-bond acceptors (Lipinski definition) is 2. The molecule has 0 aliphatic carbocycles. The Morgan fingerprint density at radius 2 is 1.92 bits per heavy atom. The van der Waals surface area contributed by atoms with Gasteiger partial charge in [-0.15, -0.1) is 0 Å². The number of rotatable bonds is 3. The lowest BCUT2D eigenvalue weighted by Crippen LogP contribution is -1.78. The Morgan fingerprint density at radius 1 is 1.25 bits per heavy atom. The van der Waals surface area contributed by atoms with Gasteiger partial charge in [0, 0.05) is 0 Å². The van der Waals surface area contributed by atoms with E-state index in [0.29, 0.717) is 0 Å². The molecule has 0 aromatic heterocycles. The molecule has 0 saturated heterocycles. The Hall–Kier alpha value is -1.57. The van der Waals surface area contributed by atoms with E-state index in [0.717, 1.165) is 18.3 Å². The average molecular weight is 162 g/mol. The second-order valence-electron chi connectivity index (χ2n) is 2.43. The molecule has 0 saturated carbocycles. The first kappa shape index (κ1) is 8.53. The van der Waals surface area contributed by atoms with E-state index >= 15 is 0 Å². The largest absolute Gasteiger partial charge is 0.508 e. The number of carbonyl (C=O) groups is 1. The highest BCUT2D eigenvalue weighted by molar-refractivity contribution is 5.64. The minimum Gasteiger partial charge on any atom is -0.508 e. The second kappa shape index (κ2) is 4.34. The first-order valence-electron chi connectivity index (χ1n) is 3.71. The Morgan fingerprint density at radius 3 is 2.50 bits per heavy atom. The lowest BCUT2D eigenvalue weighted by atomic mass is 10.1. The van der Waals surface area contributed by atoms with Crippen molar-refractivity contribution in [3.8, 4) is 5.75 Å². The summed E-state index contributed by atoms with van der Waals surface area (Å²) in [4.78, 5) is 9.92. The van der Waals surface area contributed by atoms with E-state index in [4.69, 9.17) is 5.11 Å². The lowest BCUT2D eigenvalue weighted by molar-refractivity contribution is -0.104. The molecule has 0 unspecified atom stereocenters. The van der Waals surface area contributed by atoms with Gasteiger partial charge in [-0.1, -0.05) is 18.2 Å². The van der Waals surface area contributed by atoms with Gasteiger partial charge in [-0.05, 0) is 30.2 Å². The molecule has 0 aliphatic heterocycles. The molecule has 2 heteroatoms. The Balaban J connectivity index is 2.58. The summed E-state index contributed by atoms with van der Waals surface area (Å²) in [6.45, 7) is 0. The SMILES string of the molecule is O=C/C=C/Cc1ccc(O)cc1. The van der Waals surface area contributed by atoms with E-state index in [-0.39, 0.29) is 5.75 Å². The summed E-state index contributed by atoms with van der Waals surface area (Å²) in [5, 5.41) is 8.95. The molecular weight excluding hydrogens is 152 g/mol. The molecule has 1 aromatic carbocycles. The van der Waals surface area contributed by atoms with Crippen LogP contribution in [0.3, 0.4) is 0 Å². The average Bonchev–Trinajstić information content (AvgIpc) is 2.09. The molecule has 1 N–H and O–H groups in total. The minimum atomic E-state index is 0.262. The molecule has 0 radical (unpaired) electrons. The second-order valence-corrected chi connectivity index (χ2v) is 2.43. The molecule has 1 aromatic rings. The fourth-order valence-electron chi connectivity index (χ4n) is 0.892. The van der Waals surface area contributed by atoms with Crippen molar-refractivity contribution < 1.29 is 9.90 Å².